The Bertz CT molecular complexity index is 1550. The van der Waals surface area contributed by atoms with Crippen LogP contribution in [0.25, 0.3) is 22.3 Å². The molecule has 12 nitrogen and oxygen atoms in total. The van der Waals surface area contributed by atoms with E-state index >= 15 is 0 Å². The highest BCUT2D eigenvalue weighted by molar-refractivity contribution is 5.89. The van der Waals surface area contributed by atoms with Gasteiger partial charge < -0.3 is 39.2 Å². The van der Waals surface area contributed by atoms with E-state index in [1.54, 1.807) is 13.0 Å². The van der Waals surface area contributed by atoms with Crippen LogP contribution in [0.3, 0.4) is 0 Å². The maximum Gasteiger partial charge on any atom is 0.355 e. The molecule has 3 aromatic rings. The lowest BCUT2D eigenvalue weighted by atomic mass is 9.85. The number of carbonyl (C=O) groups is 2. The van der Waals surface area contributed by atoms with E-state index < -0.39 is 53.8 Å². The average Bonchev–Trinajstić information content (AvgIpc) is 3.27. The zero-order chi connectivity index (χ0) is 26.9. The average molecular weight is 524 g/mol. The lowest BCUT2D eigenvalue weighted by Gasteiger charge is -2.40. The number of ether oxygens (including phenoxy) is 3. The molecular weight excluding hydrogens is 500 g/mol. The number of cyclic esters (lactones) is 1. The first kappa shape index (κ1) is 24.6. The number of benzene rings is 1. The number of carbonyl (C=O) groups excluding carboxylic acids is 2. The van der Waals surface area contributed by atoms with Crippen LogP contribution in [0.15, 0.2) is 41.2 Å². The van der Waals surface area contributed by atoms with Crippen molar-refractivity contribution in [1.29, 1.82) is 0 Å². The molecule has 3 aliphatic rings. The molecular formula is C26H24N2O10. The highest BCUT2D eigenvalue weighted by Gasteiger charge is 2.54. The zero-order valence-electron chi connectivity index (χ0n) is 20.1. The first-order valence-corrected chi connectivity index (χ1v) is 12.1. The summed E-state index contributed by atoms with van der Waals surface area (Å²) in [6, 6.07) is 11.0. The van der Waals surface area contributed by atoms with E-state index in [-0.39, 0.29) is 30.7 Å². The van der Waals surface area contributed by atoms with Gasteiger partial charge in [0.1, 0.15) is 24.9 Å². The predicted molar refractivity (Wildman–Crippen MR) is 127 cm³/mol. The predicted octanol–water partition coefficient (Wildman–Crippen LogP) is -0.570. The third kappa shape index (κ3) is 3.42. The van der Waals surface area contributed by atoms with Crippen LogP contribution >= 0.6 is 0 Å². The standard InChI is InChI=1S/C26H24N2O10/c1-2-26(38-24(34)21-19(30)18(29)20(31)23(33)37-21)14-8-16-17-12(7-11-5-3-4-6-15(11)27-17)9-28(16)22(32)13(14)10-36-25(26)35/h3-8,18-21,23,29-31,33H,2,9-10H2,1H3/t18-,19-,20+,21-,23+,26?/m0/s1. The summed E-state index contributed by atoms with van der Waals surface area (Å²) in [5, 5.41) is 40.7. The Morgan fingerprint density at radius 1 is 1.13 bits per heavy atom. The van der Waals surface area contributed by atoms with E-state index in [0.717, 1.165) is 16.5 Å². The number of aromatic nitrogens is 2. The minimum atomic E-state index is -2.08. The molecule has 6 rings (SSSR count). The molecule has 6 atom stereocenters. The molecule has 0 amide bonds. The number of rotatable bonds is 3. The van der Waals surface area contributed by atoms with Gasteiger partial charge in [-0.05, 0) is 24.6 Å². The van der Waals surface area contributed by atoms with E-state index in [4.69, 9.17) is 19.2 Å². The number of nitrogens with zero attached hydrogens (tertiary/aromatic N) is 2. The highest BCUT2D eigenvalue weighted by atomic mass is 16.7. The minimum Gasteiger partial charge on any atom is -0.457 e. The van der Waals surface area contributed by atoms with Crippen LogP contribution < -0.4 is 5.56 Å². The van der Waals surface area contributed by atoms with Crippen LogP contribution in [0.5, 0.6) is 0 Å². The van der Waals surface area contributed by atoms with Gasteiger partial charge in [-0.3, -0.25) is 4.79 Å². The number of hydrogen-bond acceptors (Lipinski definition) is 11. The molecule has 12 heteroatoms. The van der Waals surface area contributed by atoms with Crippen LogP contribution in [-0.2, 0) is 42.6 Å². The van der Waals surface area contributed by atoms with Crippen molar-refractivity contribution < 1.29 is 44.2 Å². The van der Waals surface area contributed by atoms with Crippen molar-refractivity contribution in [2.24, 2.45) is 0 Å². The number of fused-ring (bicyclic) bond motifs is 5. The highest BCUT2D eigenvalue weighted by Crippen LogP contribution is 2.41. The fourth-order valence-electron chi connectivity index (χ4n) is 5.37. The van der Waals surface area contributed by atoms with Gasteiger partial charge >= 0.3 is 11.9 Å². The first-order valence-electron chi connectivity index (χ1n) is 12.1. The topological polar surface area (TPSA) is 178 Å². The number of para-hydroxylation sites is 1. The Morgan fingerprint density at radius 3 is 2.66 bits per heavy atom. The van der Waals surface area contributed by atoms with Gasteiger partial charge in [-0.1, -0.05) is 25.1 Å². The second-order valence-corrected chi connectivity index (χ2v) is 9.60. The Balaban J connectivity index is 1.45. The monoisotopic (exact) mass is 524 g/mol. The normalized spacial score (nSPS) is 29.8. The van der Waals surface area contributed by atoms with Crippen molar-refractivity contribution in [3.8, 4) is 11.4 Å². The van der Waals surface area contributed by atoms with Crippen molar-refractivity contribution in [3.63, 3.8) is 0 Å². The number of aliphatic hydroxyl groups excluding tert-OH is 4. The molecule has 3 aliphatic heterocycles. The second-order valence-electron chi connectivity index (χ2n) is 9.60. The van der Waals surface area contributed by atoms with Crippen LogP contribution in [-0.4, -0.2) is 72.6 Å². The van der Waals surface area contributed by atoms with Gasteiger partial charge in [-0.2, -0.15) is 0 Å². The fraction of sp³-hybridized carbons (Fsp3) is 0.385. The summed E-state index contributed by atoms with van der Waals surface area (Å²) in [6.07, 6.45) is -9.77. The molecule has 0 bridgehead atoms. The van der Waals surface area contributed by atoms with E-state index in [2.05, 4.69) is 0 Å². The largest absolute Gasteiger partial charge is 0.457 e. The van der Waals surface area contributed by atoms with E-state index in [0.29, 0.717) is 11.4 Å². The summed E-state index contributed by atoms with van der Waals surface area (Å²) in [5.41, 5.74) is 0.287. The summed E-state index contributed by atoms with van der Waals surface area (Å²) in [7, 11) is 0. The van der Waals surface area contributed by atoms with Crippen LogP contribution in [0.1, 0.15) is 30.0 Å². The van der Waals surface area contributed by atoms with Crippen molar-refractivity contribution in [2.75, 3.05) is 0 Å². The van der Waals surface area contributed by atoms with E-state index in [9.17, 15) is 34.8 Å². The van der Waals surface area contributed by atoms with Crippen molar-refractivity contribution in [3.05, 3.63) is 63.4 Å². The second kappa shape index (κ2) is 8.68. The van der Waals surface area contributed by atoms with Crippen molar-refractivity contribution in [1.82, 2.24) is 9.55 Å². The van der Waals surface area contributed by atoms with Gasteiger partial charge in [0.15, 0.2) is 12.4 Å². The molecule has 5 heterocycles. The van der Waals surface area contributed by atoms with E-state index in [1.807, 2.05) is 30.3 Å². The summed E-state index contributed by atoms with van der Waals surface area (Å²) in [5.74, 6) is -2.22. The Labute approximate surface area is 214 Å². The number of esters is 2. The molecule has 0 saturated carbocycles. The SMILES string of the molecule is CCC1(OC(=O)[C@H]2O[C@@H](O)[C@H](O)[C@@H](O)[C@@H]2O)C(=O)OCc2c1cc1n(c2=O)Cc2cc3ccccc3nc2-1. The molecule has 1 saturated heterocycles. The van der Waals surface area contributed by atoms with Gasteiger partial charge in [0.2, 0.25) is 5.60 Å². The van der Waals surface area contributed by atoms with Crippen molar-refractivity contribution in [2.45, 2.75) is 62.8 Å². The molecule has 4 N–H and O–H groups in total. The van der Waals surface area contributed by atoms with Gasteiger partial charge in [0.25, 0.3) is 5.56 Å². The first-order chi connectivity index (χ1) is 18.2. The smallest absolute Gasteiger partial charge is 0.355 e. The fourth-order valence-corrected chi connectivity index (χ4v) is 5.37. The van der Waals surface area contributed by atoms with Crippen molar-refractivity contribution >= 4 is 22.8 Å². The quantitative estimate of drug-likeness (QED) is 0.252. The molecule has 2 aromatic heterocycles. The molecule has 1 unspecified atom stereocenters. The summed E-state index contributed by atoms with van der Waals surface area (Å²) in [6.45, 7) is 1.49. The van der Waals surface area contributed by atoms with Gasteiger partial charge in [0.05, 0.1) is 29.0 Å². The maximum atomic E-state index is 13.6. The molecule has 38 heavy (non-hydrogen) atoms. The third-order valence-electron chi connectivity index (χ3n) is 7.48. The minimum absolute atomic E-state index is 0.120. The molecule has 0 aliphatic carbocycles. The Hall–Kier alpha value is -3.68. The molecule has 1 aromatic carbocycles. The van der Waals surface area contributed by atoms with Crippen LogP contribution in [0.4, 0.5) is 0 Å². The molecule has 1 fully saturated rings. The lowest BCUT2D eigenvalue weighted by Crippen LogP contribution is -2.61. The van der Waals surface area contributed by atoms with Gasteiger partial charge in [0, 0.05) is 16.5 Å². The number of aliphatic hydroxyl groups is 4. The van der Waals surface area contributed by atoms with E-state index in [1.165, 1.54) is 4.57 Å². The summed E-state index contributed by atoms with van der Waals surface area (Å²) < 4.78 is 17.4. The van der Waals surface area contributed by atoms with Crippen LogP contribution in [0.2, 0.25) is 0 Å². The Kier molecular flexibility index (Phi) is 5.63. The summed E-state index contributed by atoms with van der Waals surface area (Å²) in [4.78, 5) is 44.6. The maximum absolute atomic E-state index is 13.6. The molecule has 0 radical (unpaired) electrons. The molecule has 0 spiro atoms. The van der Waals surface area contributed by atoms with Gasteiger partial charge in [-0.25, -0.2) is 14.6 Å². The third-order valence-corrected chi connectivity index (χ3v) is 7.48. The Morgan fingerprint density at radius 2 is 1.89 bits per heavy atom. The number of hydrogen-bond donors (Lipinski definition) is 4. The zero-order valence-corrected chi connectivity index (χ0v) is 20.1. The lowest BCUT2D eigenvalue weighted by molar-refractivity contribution is -0.284. The molecule has 198 valence electrons. The van der Waals surface area contributed by atoms with Crippen LogP contribution in [0, 0.1) is 0 Å². The number of pyridine rings is 2. The van der Waals surface area contributed by atoms with Gasteiger partial charge in [-0.15, -0.1) is 0 Å². The summed E-state index contributed by atoms with van der Waals surface area (Å²) >= 11 is 0.